The van der Waals surface area contributed by atoms with Gasteiger partial charge in [-0.1, -0.05) is 61.8 Å². The molecule has 37 heavy (non-hydrogen) atoms. The van der Waals surface area contributed by atoms with E-state index in [1.165, 1.54) is 0 Å². The minimum Gasteiger partial charge on any atom is -0.489 e. The average molecular weight is 555 g/mol. The highest BCUT2D eigenvalue weighted by molar-refractivity contribution is 7.91. The molecule has 0 amide bonds. The number of halogens is 2. The molecule has 7 nitrogen and oxygen atoms in total. The number of benzene rings is 3. The van der Waals surface area contributed by atoms with E-state index in [2.05, 4.69) is 34.6 Å². The third kappa shape index (κ3) is 5.96. The zero-order valence-corrected chi connectivity index (χ0v) is 22.7. The van der Waals surface area contributed by atoms with Gasteiger partial charge in [0.2, 0.25) is 16.0 Å². The molecule has 0 bridgehead atoms. The number of sulfonamides is 1. The summed E-state index contributed by atoms with van der Waals surface area (Å²) in [5.41, 5.74) is 4.36. The molecule has 0 aliphatic rings. The van der Waals surface area contributed by atoms with E-state index in [9.17, 15) is 13.7 Å². The van der Waals surface area contributed by atoms with E-state index in [1.54, 1.807) is 12.3 Å². The lowest BCUT2D eigenvalue weighted by atomic mass is 9.77. The van der Waals surface area contributed by atoms with Crippen molar-refractivity contribution in [3.63, 3.8) is 0 Å². The topological polar surface area (TPSA) is 105 Å². The molecule has 0 atom stereocenters. The number of hydrogen-bond acceptors (Lipinski definition) is 6. The summed E-state index contributed by atoms with van der Waals surface area (Å²) in [5, 5.41) is 10.8. The van der Waals surface area contributed by atoms with Crippen LogP contribution in [-0.2, 0) is 15.4 Å². The van der Waals surface area contributed by atoms with Crippen LogP contribution < -0.4 is 9.46 Å². The third-order valence-corrected chi connectivity index (χ3v) is 7.00. The summed E-state index contributed by atoms with van der Waals surface area (Å²) in [6.45, 7) is 4.39. The fourth-order valence-corrected chi connectivity index (χ4v) is 4.77. The molecular formula is C27H24Cl2N4O3S. The molecule has 1 aromatic heterocycles. The van der Waals surface area contributed by atoms with Gasteiger partial charge in [-0.15, -0.1) is 11.6 Å². The molecule has 0 saturated carbocycles. The van der Waals surface area contributed by atoms with Crippen LogP contribution in [0.5, 0.6) is 5.75 Å². The Morgan fingerprint density at radius 2 is 1.76 bits per heavy atom. The zero-order valence-electron chi connectivity index (χ0n) is 20.4. The highest BCUT2D eigenvalue weighted by atomic mass is 35.5. The molecule has 10 heteroatoms. The summed E-state index contributed by atoms with van der Waals surface area (Å²) < 4.78 is 30.9. The van der Waals surface area contributed by atoms with E-state index in [0.29, 0.717) is 27.7 Å². The summed E-state index contributed by atoms with van der Waals surface area (Å²) >= 11 is 12.2. The Kier molecular flexibility index (Phi) is 7.60. The lowest BCUT2D eigenvalue weighted by Gasteiger charge is -2.27. The second-order valence-corrected chi connectivity index (χ2v) is 11.6. The summed E-state index contributed by atoms with van der Waals surface area (Å²) in [5.74, 6) is 0.664. The lowest BCUT2D eigenvalue weighted by Crippen LogP contribution is -2.19. The van der Waals surface area contributed by atoms with Crippen LogP contribution >= 0.6 is 23.2 Å². The van der Waals surface area contributed by atoms with Crippen molar-refractivity contribution >= 4 is 50.1 Å². The van der Waals surface area contributed by atoms with Gasteiger partial charge in [-0.3, -0.25) is 4.72 Å². The average Bonchev–Trinajstić information content (AvgIpc) is 2.86. The number of hydrogen-bond donors (Lipinski definition) is 1. The van der Waals surface area contributed by atoms with Gasteiger partial charge in [0, 0.05) is 17.0 Å². The number of nitrogens with zero attached hydrogens (tertiary/aromatic N) is 3. The predicted octanol–water partition coefficient (Wildman–Crippen LogP) is 6.14. The first kappa shape index (κ1) is 26.7. The van der Waals surface area contributed by atoms with Crippen LogP contribution in [0.3, 0.4) is 0 Å². The molecule has 0 aliphatic heterocycles. The van der Waals surface area contributed by atoms with Gasteiger partial charge in [0.05, 0.1) is 28.2 Å². The number of aromatic nitrogens is 2. The standard InChI is InChI=1S/C27H24Cl2N4O3S/c1-27(2,22-12-20(15-30)25(23(29)14-22)36-11-10-28)21-8-6-17(7-9-21)18-4-5-19-16-31-26(32-24(19)13-18)33-37(3,34)35/h4-9,12-14,16H,10-11H2,1-3H3,(H,31,32,33). The Morgan fingerprint density at radius 3 is 2.41 bits per heavy atom. The molecule has 1 heterocycles. The normalized spacial score (nSPS) is 11.8. The first-order valence-electron chi connectivity index (χ1n) is 11.3. The van der Waals surface area contributed by atoms with Crippen molar-refractivity contribution in [2.24, 2.45) is 0 Å². The van der Waals surface area contributed by atoms with Gasteiger partial charge in [-0.2, -0.15) is 5.26 Å². The molecule has 190 valence electrons. The molecular weight excluding hydrogens is 531 g/mol. The van der Waals surface area contributed by atoms with Crippen molar-refractivity contribution in [3.05, 3.63) is 82.5 Å². The number of fused-ring (bicyclic) bond motifs is 1. The maximum atomic E-state index is 11.5. The van der Waals surface area contributed by atoms with Gasteiger partial charge in [0.15, 0.2) is 5.75 Å². The quantitative estimate of drug-likeness (QED) is 0.262. The maximum Gasteiger partial charge on any atom is 0.237 e. The molecule has 0 spiro atoms. The van der Waals surface area contributed by atoms with Gasteiger partial charge in [0.25, 0.3) is 0 Å². The summed E-state index contributed by atoms with van der Waals surface area (Å²) in [4.78, 5) is 8.39. The fourth-order valence-electron chi connectivity index (χ4n) is 3.99. The van der Waals surface area contributed by atoms with Crippen molar-refractivity contribution in [2.45, 2.75) is 19.3 Å². The predicted molar refractivity (Wildman–Crippen MR) is 148 cm³/mol. The van der Waals surface area contributed by atoms with Gasteiger partial charge in [-0.25, -0.2) is 18.4 Å². The smallest absolute Gasteiger partial charge is 0.237 e. The largest absolute Gasteiger partial charge is 0.489 e. The van der Waals surface area contributed by atoms with Crippen molar-refractivity contribution in [3.8, 4) is 22.9 Å². The molecule has 1 N–H and O–H groups in total. The van der Waals surface area contributed by atoms with E-state index in [-0.39, 0.29) is 12.6 Å². The van der Waals surface area contributed by atoms with Crippen LogP contribution in [0.4, 0.5) is 5.95 Å². The zero-order chi connectivity index (χ0) is 26.8. The van der Waals surface area contributed by atoms with Gasteiger partial charge < -0.3 is 4.74 Å². The molecule has 0 fully saturated rings. The number of ether oxygens (including phenoxy) is 1. The second kappa shape index (κ2) is 10.5. The molecule has 0 radical (unpaired) electrons. The minimum absolute atomic E-state index is 0.0266. The van der Waals surface area contributed by atoms with Crippen LogP contribution in [0.2, 0.25) is 5.02 Å². The Bertz CT molecular complexity index is 1620. The van der Waals surface area contributed by atoms with Gasteiger partial charge in [-0.05, 0) is 40.5 Å². The van der Waals surface area contributed by atoms with Crippen LogP contribution in [0, 0.1) is 11.3 Å². The highest BCUT2D eigenvalue weighted by Crippen LogP contribution is 2.39. The first-order valence-corrected chi connectivity index (χ1v) is 14.1. The van der Waals surface area contributed by atoms with Crippen LogP contribution in [-0.4, -0.2) is 37.1 Å². The number of nitriles is 1. The lowest BCUT2D eigenvalue weighted by molar-refractivity contribution is 0.341. The summed E-state index contributed by atoms with van der Waals surface area (Å²) in [6, 6.07) is 19.6. The Morgan fingerprint density at radius 1 is 1.05 bits per heavy atom. The first-order chi connectivity index (χ1) is 17.5. The fraction of sp³-hybridized carbons (Fsp3) is 0.222. The number of anilines is 1. The van der Waals surface area contributed by atoms with Crippen molar-refractivity contribution in [2.75, 3.05) is 23.5 Å². The molecule has 3 aromatic carbocycles. The molecule has 4 aromatic rings. The van der Waals surface area contributed by atoms with E-state index in [4.69, 9.17) is 27.9 Å². The third-order valence-electron chi connectivity index (χ3n) is 6.01. The highest BCUT2D eigenvalue weighted by Gasteiger charge is 2.26. The summed E-state index contributed by atoms with van der Waals surface area (Å²) in [7, 11) is -3.48. The monoisotopic (exact) mass is 554 g/mol. The molecule has 0 saturated heterocycles. The number of rotatable bonds is 8. The SMILES string of the molecule is CC(C)(c1ccc(-c2ccc3cnc(NS(C)(=O)=O)nc3c2)cc1)c1cc(Cl)c(OCCCl)c(C#N)c1. The van der Waals surface area contributed by atoms with Gasteiger partial charge >= 0.3 is 0 Å². The van der Waals surface area contributed by atoms with Crippen molar-refractivity contribution in [1.82, 2.24) is 9.97 Å². The van der Waals surface area contributed by atoms with Crippen LogP contribution in [0.1, 0.15) is 30.5 Å². The van der Waals surface area contributed by atoms with E-state index in [0.717, 1.165) is 33.9 Å². The Labute approximate surface area is 226 Å². The molecule has 0 unspecified atom stereocenters. The van der Waals surface area contributed by atoms with E-state index in [1.807, 2.05) is 48.5 Å². The van der Waals surface area contributed by atoms with E-state index < -0.39 is 15.4 Å². The maximum absolute atomic E-state index is 11.5. The minimum atomic E-state index is -3.48. The van der Waals surface area contributed by atoms with Gasteiger partial charge in [0.1, 0.15) is 12.7 Å². The molecule has 0 aliphatic carbocycles. The molecule has 4 rings (SSSR count). The van der Waals surface area contributed by atoms with Crippen molar-refractivity contribution in [1.29, 1.82) is 5.26 Å². The Balaban J connectivity index is 1.65. The second-order valence-electron chi connectivity index (χ2n) is 9.03. The summed E-state index contributed by atoms with van der Waals surface area (Å²) in [6.07, 6.45) is 2.64. The van der Waals surface area contributed by atoms with Crippen molar-refractivity contribution < 1.29 is 13.2 Å². The van der Waals surface area contributed by atoms with E-state index >= 15 is 0 Å². The number of alkyl halides is 1. The Hall–Kier alpha value is -3.38. The number of nitrogens with one attached hydrogen (secondary N) is 1. The van der Waals surface area contributed by atoms with Crippen LogP contribution in [0.25, 0.3) is 22.0 Å². The van der Waals surface area contributed by atoms with Crippen LogP contribution in [0.15, 0.2) is 60.8 Å².